The molecule has 1 aromatic rings. The Hall–Kier alpha value is 0.476. The van der Waals surface area contributed by atoms with E-state index < -0.39 is 30.0 Å². The Balaban J connectivity index is 0.00000225. The molecule has 0 amide bonds. The van der Waals surface area contributed by atoms with Gasteiger partial charge in [0, 0.05) is 5.69 Å². The van der Waals surface area contributed by atoms with Crippen molar-refractivity contribution >= 4 is 25.9 Å². The minimum Gasteiger partial charge on any atom is -0.399 e. The molecule has 1 rings (SSSR count). The summed E-state index contributed by atoms with van der Waals surface area (Å²) in [7, 11) is -9.13. The molecule has 7 nitrogen and oxygen atoms in total. The summed E-state index contributed by atoms with van der Waals surface area (Å²) in [4.78, 5) is -1.40. The van der Waals surface area contributed by atoms with Crippen LogP contribution in [0.2, 0.25) is 0 Å². The van der Waals surface area contributed by atoms with Crippen LogP contribution >= 0.6 is 0 Å². The van der Waals surface area contributed by atoms with Gasteiger partial charge in [0.05, 0.1) is 9.79 Å². The Morgan fingerprint density at radius 3 is 1.44 bits per heavy atom. The van der Waals surface area contributed by atoms with Crippen molar-refractivity contribution in [2.75, 3.05) is 5.73 Å². The minimum atomic E-state index is -4.56. The normalized spacial score (nSPS) is 11.9. The molecule has 0 saturated heterocycles. The second kappa shape index (κ2) is 5.41. The average Bonchev–Trinajstić information content (AvgIpc) is 1.99. The van der Waals surface area contributed by atoms with Gasteiger partial charge < -0.3 is 5.73 Å². The minimum absolute atomic E-state index is 0. The van der Waals surface area contributed by atoms with E-state index in [9.17, 15) is 16.8 Å². The number of hydrogen-bond acceptors (Lipinski definition) is 5. The Labute approximate surface area is 135 Å². The first-order valence-electron chi connectivity index (χ1n) is 3.46. The topological polar surface area (TPSA) is 135 Å². The molecule has 84 valence electrons. The number of benzene rings is 1. The van der Waals surface area contributed by atoms with Crippen molar-refractivity contribution in [2.45, 2.75) is 9.79 Å². The van der Waals surface area contributed by atoms with Crippen LogP contribution in [0, 0.1) is 0 Å². The van der Waals surface area contributed by atoms with E-state index in [-0.39, 0.29) is 57.1 Å². The fourth-order valence-electron chi connectivity index (χ4n) is 0.892. The summed E-state index contributed by atoms with van der Waals surface area (Å²) in [5, 5.41) is 0. The van der Waals surface area contributed by atoms with Gasteiger partial charge in [0.15, 0.2) is 0 Å². The van der Waals surface area contributed by atoms with Crippen LogP contribution in [0.15, 0.2) is 28.0 Å². The van der Waals surface area contributed by atoms with Crippen molar-refractivity contribution in [1.29, 1.82) is 0 Å². The maximum Gasteiger partial charge on any atom is 1.00 e. The quantitative estimate of drug-likeness (QED) is 0.296. The maximum absolute atomic E-state index is 10.7. The molecule has 0 aliphatic heterocycles. The van der Waals surface area contributed by atoms with E-state index in [0.29, 0.717) is 6.07 Å². The number of rotatable bonds is 2. The Bertz CT molecular complexity index is 543. The Morgan fingerprint density at radius 2 is 1.19 bits per heavy atom. The number of hydrogen-bond donors (Lipinski definition) is 3. The largest absolute Gasteiger partial charge is 1.00 e. The summed E-state index contributed by atoms with van der Waals surface area (Å²) >= 11 is 0. The van der Waals surface area contributed by atoms with Crippen LogP contribution in [0.25, 0.3) is 0 Å². The standard InChI is InChI=1S/C6H7NO6S2.K/c7-4-1-5(14(8,9)10)3-6(2-4)15(11,12)13;/h1-3H,7H2,(H,8,9,10)(H,11,12,13);/q;+1. The molecule has 0 aromatic heterocycles. The molecule has 0 aliphatic carbocycles. The smallest absolute Gasteiger partial charge is 0.399 e. The second-order valence-electron chi connectivity index (χ2n) is 2.69. The molecule has 0 unspecified atom stereocenters. The molecule has 0 aliphatic rings. The maximum atomic E-state index is 10.7. The molecule has 16 heavy (non-hydrogen) atoms. The van der Waals surface area contributed by atoms with Gasteiger partial charge in [-0.05, 0) is 18.2 Å². The molecule has 0 spiro atoms. The van der Waals surface area contributed by atoms with E-state index in [2.05, 4.69) is 0 Å². The van der Waals surface area contributed by atoms with Crippen molar-refractivity contribution in [3.8, 4) is 0 Å². The van der Waals surface area contributed by atoms with Gasteiger partial charge in [-0.15, -0.1) is 0 Å². The predicted molar refractivity (Wildman–Crippen MR) is 50.5 cm³/mol. The van der Waals surface area contributed by atoms with Gasteiger partial charge >= 0.3 is 51.4 Å². The summed E-state index contributed by atoms with van der Waals surface area (Å²) in [6, 6.07) is 2.33. The number of anilines is 1. The van der Waals surface area contributed by atoms with Gasteiger partial charge in [-0.2, -0.15) is 16.8 Å². The van der Waals surface area contributed by atoms with Crippen LogP contribution in [-0.2, 0) is 20.2 Å². The average molecular weight is 292 g/mol. The van der Waals surface area contributed by atoms with E-state index in [1.807, 2.05) is 0 Å². The molecular weight excluding hydrogens is 285 g/mol. The number of nitrogens with two attached hydrogens (primary N) is 1. The molecule has 10 heteroatoms. The van der Waals surface area contributed by atoms with Crippen LogP contribution in [0.4, 0.5) is 5.69 Å². The number of nitrogen functional groups attached to an aromatic ring is 1. The third kappa shape index (κ3) is 4.39. The third-order valence-electron chi connectivity index (χ3n) is 1.50. The predicted octanol–water partition coefficient (Wildman–Crippen LogP) is -3.23. The van der Waals surface area contributed by atoms with E-state index in [4.69, 9.17) is 14.8 Å². The molecule has 0 radical (unpaired) electrons. The Kier molecular flexibility index (Phi) is 5.57. The molecule has 0 atom stereocenters. The van der Waals surface area contributed by atoms with Crippen molar-refractivity contribution in [1.82, 2.24) is 0 Å². The zero-order chi connectivity index (χ0) is 11.9. The van der Waals surface area contributed by atoms with Crippen LogP contribution in [0.1, 0.15) is 0 Å². The van der Waals surface area contributed by atoms with Crippen molar-refractivity contribution in [3.05, 3.63) is 18.2 Å². The first-order valence-corrected chi connectivity index (χ1v) is 6.34. The van der Waals surface area contributed by atoms with E-state index >= 15 is 0 Å². The molecule has 0 heterocycles. The van der Waals surface area contributed by atoms with E-state index in [0.717, 1.165) is 12.1 Å². The fourth-order valence-corrected chi connectivity index (χ4v) is 2.09. The van der Waals surface area contributed by atoms with Crippen molar-refractivity contribution < 1.29 is 77.3 Å². The van der Waals surface area contributed by atoms with Crippen LogP contribution in [0.5, 0.6) is 0 Å². The van der Waals surface area contributed by atoms with Crippen LogP contribution < -0.4 is 57.1 Å². The SMILES string of the molecule is Nc1cc(S(=O)(=O)O)cc(S(=O)(=O)O)c1.[K+]. The second-order valence-corrected chi connectivity index (χ2v) is 5.53. The molecule has 0 fully saturated rings. The van der Waals surface area contributed by atoms with E-state index in [1.54, 1.807) is 0 Å². The van der Waals surface area contributed by atoms with Gasteiger partial charge in [-0.3, -0.25) is 9.11 Å². The first-order chi connectivity index (χ1) is 6.60. The Morgan fingerprint density at radius 1 is 0.875 bits per heavy atom. The van der Waals surface area contributed by atoms with Crippen molar-refractivity contribution in [2.24, 2.45) is 0 Å². The molecule has 1 aromatic carbocycles. The van der Waals surface area contributed by atoms with Gasteiger partial charge in [-0.1, -0.05) is 0 Å². The molecular formula is C6H7KNO6S2+. The van der Waals surface area contributed by atoms with Crippen molar-refractivity contribution in [3.63, 3.8) is 0 Å². The summed E-state index contributed by atoms with van der Waals surface area (Å²) in [6.07, 6.45) is 0. The summed E-state index contributed by atoms with van der Waals surface area (Å²) < 4.78 is 60.0. The molecule has 0 saturated carbocycles. The van der Waals surface area contributed by atoms with Gasteiger partial charge in [-0.25, -0.2) is 0 Å². The first kappa shape index (κ1) is 16.5. The third-order valence-corrected chi connectivity index (χ3v) is 3.16. The summed E-state index contributed by atoms with van der Waals surface area (Å²) in [5.41, 5.74) is 4.99. The van der Waals surface area contributed by atoms with Gasteiger partial charge in [0.25, 0.3) is 20.2 Å². The monoisotopic (exact) mass is 292 g/mol. The van der Waals surface area contributed by atoms with Crippen LogP contribution in [0.3, 0.4) is 0 Å². The fraction of sp³-hybridized carbons (Fsp3) is 0. The zero-order valence-electron chi connectivity index (χ0n) is 8.15. The van der Waals surface area contributed by atoms with Crippen LogP contribution in [-0.4, -0.2) is 25.9 Å². The summed E-state index contributed by atoms with van der Waals surface area (Å²) in [5.74, 6) is 0. The summed E-state index contributed by atoms with van der Waals surface area (Å²) in [6.45, 7) is 0. The van der Waals surface area contributed by atoms with E-state index in [1.165, 1.54) is 0 Å². The zero-order valence-corrected chi connectivity index (χ0v) is 12.9. The molecule has 4 N–H and O–H groups in total. The van der Waals surface area contributed by atoms with Gasteiger partial charge in [0.2, 0.25) is 0 Å². The van der Waals surface area contributed by atoms with Gasteiger partial charge in [0.1, 0.15) is 0 Å². The molecule has 0 bridgehead atoms.